The van der Waals surface area contributed by atoms with Crippen LogP contribution < -0.4 is 16.6 Å². The molecule has 0 aliphatic carbocycles. The van der Waals surface area contributed by atoms with E-state index >= 15 is 0 Å². The molecule has 1 aromatic heterocycles. The maximum atomic E-state index is 12.1. The third-order valence-electron chi connectivity index (χ3n) is 2.77. The van der Waals surface area contributed by atoms with Crippen molar-refractivity contribution in [3.63, 3.8) is 0 Å². The number of benzene rings is 1. The number of hydrogen-bond donors (Lipinski definition) is 3. The van der Waals surface area contributed by atoms with Crippen LogP contribution in [0.3, 0.4) is 0 Å². The van der Waals surface area contributed by atoms with E-state index in [0.717, 1.165) is 16.8 Å². The molecule has 0 spiro atoms. The number of anilines is 2. The number of nitrogens with two attached hydrogens (primary N) is 1. The first-order valence-electron chi connectivity index (χ1n) is 5.92. The Morgan fingerprint density at radius 1 is 1.21 bits per heavy atom. The fourth-order valence-corrected chi connectivity index (χ4v) is 1.70. The third kappa shape index (κ3) is 3.08. The van der Waals surface area contributed by atoms with Crippen molar-refractivity contribution in [1.82, 2.24) is 4.98 Å². The molecule has 2 aromatic rings. The highest BCUT2D eigenvalue weighted by atomic mass is 16.1. The first-order valence-corrected chi connectivity index (χ1v) is 5.92. The zero-order valence-electron chi connectivity index (χ0n) is 10.9. The van der Waals surface area contributed by atoms with Crippen molar-refractivity contribution in [3.05, 3.63) is 53.2 Å². The molecule has 0 atom stereocenters. The standard InChI is InChI=1S/C14H16N4O/c1-9-6-7-10(2)12(8-9)17-14(19)11-4-3-5-13(16-11)18-15/h3-8H,15H2,1-2H3,(H,16,18)(H,17,19). The van der Waals surface area contributed by atoms with Crippen molar-refractivity contribution >= 4 is 17.4 Å². The summed E-state index contributed by atoms with van der Waals surface area (Å²) in [4.78, 5) is 16.2. The number of nitrogens with zero attached hydrogens (tertiary/aromatic N) is 1. The Bertz CT molecular complexity index is 610. The van der Waals surface area contributed by atoms with Crippen LogP contribution >= 0.6 is 0 Å². The molecule has 4 N–H and O–H groups in total. The Morgan fingerprint density at radius 2 is 2.00 bits per heavy atom. The summed E-state index contributed by atoms with van der Waals surface area (Å²) < 4.78 is 0. The lowest BCUT2D eigenvalue weighted by Gasteiger charge is -2.09. The largest absolute Gasteiger partial charge is 0.320 e. The van der Waals surface area contributed by atoms with Crippen molar-refractivity contribution in [2.75, 3.05) is 10.7 Å². The van der Waals surface area contributed by atoms with Gasteiger partial charge in [0.15, 0.2) is 0 Å². The number of aromatic nitrogens is 1. The van der Waals surface area contributed by atoms with Crippen molar-refractivity contribution in [3.8, 4) is 0 Å². The molecule has 98 valence electrons. The van der Waals surface area contributed by atoms with Crippen LogP contribution in [0.15, 0.2) is 36.4 Å². The van der Waals surface area contributed by atoms with Crippen molar-refractivity contribution in [2.45, 2.75) is 13.8 Å². The molecule has 5 nitrogen and oxygen atoms in total. The quantitative estimate of drug-likeness (QED) is 0.581. The summed E-state index contributed by atoms with van der Waals surface area (Å²) in [6.45, 7) is 3.92. The van der Waals surface area contributed by atoms with Gasteiger partial charge in [-0.1, -0.05) is 18.2 Å². The highest BCUT2D eigenvalue weighted by Crippen LogP contribution is 2.17. The van der Waals surface area contributed by atoms with Crippen molar-refractivity contribution in [1.29, 1.82) is 0 Å². The zero-order valence-corrected chi connectivity index (χ0v) is 10.9. The van der Waals surface area contributed by atoms with E-state index < -0.39 is 0 Å². The summed E-state index contributed by atoms with van der Waals surface area (Å²) in [5, 5.41) is 2.85. The SMILES string of the molecule is Cc1ccc(C)c(NC(=O)c2cccc(NN)n2)c1. The number of nitrogen functional groups attached to an aromatic ring is 1. The van der Waals surface area contributed by atoms with Gasteiger partial charge in [-0.25, -0.2) is 10.8 Å². The van der Waals surface area contributed by atoms with Crippen LogP contribution in [0.25, 0.3) is 0 Å². The Hall–Kier alpha value is -2.40. The van der Waals surface area contributed by atoms with Gasteiger partial charge in [-0.15, -0.1) is 0 Å². The minimum atomic E-state index is -0.259. The summed E-state index contributed by atoms with van der Waals surface area (Å²) in [7, 11) is 0. The summed E-state index contributed by atoms with van der Waals surface area (Å²) in [6.07, 6.45) is 0. The molecule has 0 unspecified atom stereocenters. The second-order valence-corrected chi connectivity index (χ2v) is 4.32. The lowest BCUT2D eigenvalue weighted by atomic mass is 10.1. The molecule has 0 saturated carbocycles. The molecular weight excluding hydrogens is 240 g/mol. The fourth-order valence-electron chi connectivity index (χ4n) is 1.70. The van der Waals surface area contributed by atoms with Gasteiger partial charge < -0.3 is 10.7 Å². The van der Waals surface area contributed by atoms with Gasteiger partial charge in [0.2, 0.25) is 0 Å². The van der Waals surface area contributed by atoms with E-state index in [2.05, 4.69) is 15.7 Å². The molecule has 0 radical (unpaired) electrons. The van der Waals surface area contributed by atoms with Crippen molar-refractivity contribution in [2.24, 2.45) is 5.84 Å². The molecule has 5 heteroatoms. The average molecular weight is 256 g/mol. The number of carbonyl (C=O) groups excluding carboxylic acids is 1. The second-order valence-electron chi connectivity index (χ2n) is 4.32. The highest BCUT2D eigenvalue weighted by Gasteiger charge is 2.09. The molecule has 0 bridgehead atoms. The summed E-state index contributed by atoms with van der Waals surface area (Å²) in [5.41, 5.74) is 5.62. The molecule has 0 saturated heterocycles. The van der Waals surface area contributed by atoms with Gasteiger partial charge in [-0.05, 0) is 43.2 Å². The lowest BCUT2D eigenvalue weighted by Crippen LogP contribution is -2.16. The van der Waals surface area contributed by atoms with E-state index in [1.807, 2.05) is 32.0 Å². The summed E-state index contributed by atoms with van der Waals surface area (Å²) >= 11 is 0. The highest BCUT2D eigenvalue weighted by molar-refractivity contribution is 6.03. The van der Waals surface area contributed by atoms with Crippen LogP contribution in [0.4, 0.5) is 11.5 Å². The van der Waals surface area contributed by atoms with E-state index in [1.165, 1.54) is 0 Å². The zero-order chi connectivity index (χ0) is 13.8. The van der Waals surface area contributed by atoms with Crippen LogP contribution in [0.5, 0.6) is 0 Å². The van der Waals surface area contributed by atoms with Crippen LogP contribution in [-0.2, 0) is 0 Å². The number of amides is 1. The topological polar surface area (TPSA) is 80.0 Å². The van der Waals surface area contributed by atoms with Crippen LogP contribution in [0.2, 0.25) is 0 Å². The summed E-state index contributed by atoms with van der Waals surface area (Å²) in [6, 6.07) is 11.0. The Labute approximate surface area is 111 Å². The molecule has 19 heavy (non-hydrogen) atoms. The van der Waals surface area contributed by atoms with E-state index in [4.69, 9.17) is 5.84 Å². The first-order chi connectivity index (χ1) is 9.10. The minimum Gasteiger partial charge on any atom is -0.320 e. The second kappa shape index (κ2) is 5.49. The van der Waals surface area contributed by atoms with E-state index in [9.17, 15) is 4.79 Å². The Kier molecular flexibility index (Phi) is 3.77. The maximum absolute atomic E-state index is 12.1. The van der Waals surface area contributed by atoms with E-state index in [1.54, 1.807) is 18.2 Å². The predicted molar refractivity (Wildman–Crippen MR) is 75.9 cm³/mol. The molecule has 1 amide bonds. The average Bonchev–Trinajstić information content (AvgIpc) is 2.43. The van der Waals surface area contributed by atoms with Gasteiger partial charge in [0.25, 0.3) is 5.91 Å². The van der Waals surface area contributed by atoms with Gasteiger partial charge in [-0.3, -0.25) is 4.79 Å². The van der Waals surface area contributed by atoms with Crippen LogP contribution in [0, 0.1) is 13.8 Å². The third-order valence-corrected chi connectivity index (χ3v) is 2.77. The number of nitrogens with one attached hydrogen (secondary N) is 2. The molecule has 0 fully saturated rings. The molecule has 2 rings (SSSR count). The number of hydrogen-bond acceptors (Lipinski definition) is 4. The van der Waals surface area contributed by atoms with Crippen LogP contribution in [-0.4, -0.2) is 10.9 Å². The van der Waals surface area contributed by atoms with Gasteiger partial charge in [0.05, 0.1) is 0 Å². The monoisotopic (exact) mass is 256 g/mol. The van der Waals surface area contributed by atoms with E-state index in [0.29, 0.717) is 11.5 Å². The van der Waals surface area contributed by atoms with Gasteiger partial charge >= 0.3 is 0 Å². The minimum absolute atomic E-state index is 0.259. The van der Waals surface area contributed by atoms with Gasteiger partial charge in [0, 0.05) is 5.69 Å². The molecule has 0 aliphatic heterocycles. The molecular formula is C14H16N4O. The predicted octanol–water partition coefficient (Wildman–Crippen LogP) is 2.24. The lowest BCUT2D eigenvalue weighted by molar-refractivity contribution is 0.102. The summed E-state index contributed by atoms with van der Waals surface area (Å²) in [5.74, 6) is 5.47. The Balaban J connectivity index is 2.22. The Morgan fingerprint density at radius 3 is 2.74 bits per heavy atom. The number of rotatable bonds is 3. The molecule has 1 aromatic carbocycles. The number of carbonyl (C=O) groups is 1. The van der Waals surface area contributed by atoms with E-state index in [-0.39, 0.29) is 5.91 Å². The number of hydrazine groups is 1. The number of aryl methyl sites for hydroxylation is 2. The normalized spacial score (nSPS) is 10.1. The number of pyridine rings is 1. The van der Waals surface area contributed by atoms with Crippen LogP contribution in [0.1, 0.15) is 21.6 Å². The molecule has 1 heterocycles. The fraction of sp³-hybridized carbons (Fsp3) is 0.143. The van der Waals surface area contributed by atoms with Gasteiger partial charge in [-0.2, -0.15) is 0 Å². The van der Waals surface area contributed by atoms with Crippen molar-refractivity contribution < 1.29 is 4.79 Å². The van der Waals surface area contributed by atoms with Gasteiger partial charge in [0.1, 0.15) is 11.5 Å². The molecule has 0 aliphatic rings. The smallest absolute Gasteiger partial charge is 0.274 e. The first kappa shape index (κ1) is 13.0. The maximum Gasteiger partial charge on any atom is 0.274 e.